The topological polar surface area (TPSA) is 16.4 Å². The van der Waals surface area contributed by atoms with E-state index in [1.54, 1.807) is 0 Å². The Labute approximate surface area is 310 Å². The van der Waals surface area contributed by atoms with Crippen LogP contribution >= 0.6 is 0 Å². The van der Waals surface area contributed by atoms with Gasteiger partial charge in [-0.3, -0.25) is 0 Å². The van der Waals surface area contributed by atoms with E-state index >= 15 is 0 Å². The second-order valence-electron chi connectivity index (χ2n) is 14.5. The summed E-state index contributed by atoms with van der Waals surface area (Å²) in [6, 6.07) is 67.9. The van der Waals surface area contributed by atoms with Crippen LogP contribution in [0.4, 0.5) is 17.1 Å². The van der Waals surface area contributed by atoms with Crippen LogP contribution in [0.2, 0.25) is 0 Å². The van der Waals surface area contributed by atoms with Crippen LogP contribution in [0.15, 0.2) is 192 Å². The van der Waals surface area contributed by atoms with Crippen molar-refractivity contribution in [3.05, 3.63) is 199 Å². The lowest BCUT2D eigenvalue weighted by atomic mass is 9.82. The molecular formula is C51H37NO. The first-order valence-electron chi connectivity index (χ1n) is 18.3. The molecule has 1 heterocycles. The number of hydrogen-bond acceptors (Lipinski definition) is 2. The lowest BCUT2D eigenvalue weighted by Crippen LogP contribution is -2.17. The summed E-state index contributed by atoms with van der Waals surface area (Å²) in [6.07, 6.45) is 0. The molecule has 0 saturated carbocycles. The van der Waals surface area contributed by atoms with Gasteiger partial charge in [-0.1, -0.05) is 166 Å². The molecule has 8 aromatic carbocycles. The number of fused-ring (bicyclic) bond motifs is 6. The molecule has 1 aliphatic carbocycles. The molecule has 0 saturated heterocycles. The standard InChI is InChI=1S/C51H37NO/c1-51(2)46-22-11-9-18-40(46)41-31-29-39(33-47(41)51)52(38-27-24-36(25-28-38)34-14-5-3-6-15-34)48-32-37(35-16-7-4-8-17-35)26-30-42(48)44-20-13-21-45-43-19-10-12-23-49(43)53-50(44)45/h3-33H,1-2H3. The van der Waals surface area contributed by atoms with Gasteiger partial charge < -0.3 is 9.32 Å². The maximum Gasteiger partial charge on any atom is 0.143 e. The fraction of sp³-hybridized carbons (Fsp3) is 0.0588. The minimum atomic E-state index is -0.140. The molecule has 1 aliphatic rings. The third-order valence-corrected chi connectivity index (χ3v) is 11.1. The van der Waals surface area contributed by atoms with Crippen molar-refractivity contribution in [2.24, 2.45) is 0 Å². The summed E-state index contributed by atoms with van der Waals surface area (Å²) in [5.41, 5.74) is 17.1. The van der Waals surface area contributed by atoms with Gasteiger partial charge in [-0.05, 0) is 80.9 Å². The zero-order chi connectivity index (χ0) is 35.5. The van der Waals surface area contributed by atoms with Crippen LogP contribution in [-0.2, 0) is 5.41 Å². The Balaban J connectivity index is 1.24. The Bertz CT molecular complexity index is 2790. The van der Waals surface area contributed by atoms with Gasteiger partial charge in [0.05, 0.1) is 5.69 Å². The zero-order valence-corrected chi connectivity index (χ0v) is 29.8. The molecule has 0 atom stereocenters. The van der Waals surface area contributed by atoms with E-state index in [9.17, 15) is 0 Å². The number of benzene rings is 8. The predicted molar refractivity (Wildman–Crippen MR) is 222 cm³/mol. The molecule has 9 aromatic rings. The number of nitrogens with zero attached hydrogens (tertiary/aromatic N) is 1. The van der Waals surface area contributed by atoms with E-state index in [-0.39, 0.29) is 5.41 Å². The zero-order valence-electron chi connectivity index (χ0n) is 29.8. The minimum Gasteiger partial charge on any atom is -0.455 e. The average molecular weight is 680 g/mol. The molecule has 0 radical (unpaired) electrons. The fourth-order valence-corrected chi connectivity index (χ4v) is 8.41. The average Bonchev–Trinajstić information content (AvgIpc) is 3.71. The second-order valence-corrected chi connectivity index (χ2v) is 14.5. The van der Waals surface area contributed by atoms with E-state index < -0.39 is 0 Å². The first-order valence-corrected chi connectivity index (χ1v) is 18.3. The molecule has 1 aromatic heterocycles. The normalized spacial score (nSPS) is 12.9. The van der Waals surface area contributed by atoms with Gasteiger partial charge >= 0.3 is 0 Å². The van der Waals surface area contributed by atoms with Crippen LogP contribution in [0, 0.1) is 0 Å². The van der Waals surface area contributed by atoms with Gasteiger partial charge in [0.25, 0.3) is 0 Å². The van der Waals surface area contributed by atoms with Gasteiger partial charge in [0.2, 0.25) is 0 Å². The van der Waals surface area contributed by atoms with Crippen LogP contribution < -0.4 is 4.90 Å². The van der Waals surface area contributed by atoms with Crippen molar-refractivity contribution in [1.29, 1.82) is 0 Å². The monoisotopic (exact) mass is 679 g/mol. The quantitative estimate of drug-likeness (QED) is 0.174. The molecule has 0 N–H and O–H groups in total. The van der Waals surface area contributed by atoms with Crippen molar-refractivity contribution < 1.29 is 4.42 Å². The molecule has 0 unspecified atom stereocenters. The van der Waals surface area contributed by atoms with Crippen LogP contribution in [-0.4, -0.2) is 0 Å². The molecule has 2 heteroatoms. The minimum absolute atomic E-state index is 0.140. The lowest BCUT2D eigenvalue weighted by Gasteiger charge is -2.30. The third-order valence-electron chi connectivity index (χ3n) is 11.1. The summed E-state index contributed by atoms with van der Waals surface area (Å²) in [6.45, 7) is 4.70. The maximum atomic E-state index is 6.67. The highest BCUT2D eigenvalue weighted by molar-refractivity contribution is 6.11. The summed E-state index contributed by atoms with van der Waals surface area (Å²) in [4.78, 5) is 2.44. The van der Waals surface area contributed by atoms with Gasteiger partial charge in [-0.15, -0.1) is 0 Å². The Hall–Kier alpha value is -6.64. The Morgan fingerprint density at radius 3 is 1.75 bits per heavy atom. The van der Waals surface area contributed by atoms with E-state index in [1.807, 2.05) is 6.07 Å². The van der Waals surface area contributed by atoms with Crippen molar-refractivity contribution in [2.75, 3.05) is 4.90 Å². The highest BCUT2D eigenvalue weighted by Crippen LogP contribution is 2.52. The maximum absolute atomic E-state index is 6.67. The summed E-state index contributed by atoms with van der Waals surface area (Å²) < 4.78 is 6.67. The number of hydrogen-bond donors (Lipinski definition) is 0. The third kappa shape index (κ3) is 5.10. The van der Waals surface area contributed by atoms with Crippen LogP contribution in [0.25, 0.3) is 66.4 Å². The molecule has 0 spiro atoms. The van der Waals surface area contributed by atoms with Gasteiger partial charge in [0.1, 0.15) is 11.2 Å². The predicted octanol–water partition coefficient (Wildman–Crippen LogP) is 14.4. The van der Waals surface area contributed by atoms with E-state index in [0.29, 0.717) is 0 Å². The SMILES string of the molecule is CC1(C)c2ccccc2-c2ccc(N(c3ccc(-c4ccccc4)cc3)c3cc(-c4ccccc4)ccc3-c3cccc4c3oc3ccccc34)cc21. The second kappa shape index (κ2) is 12.3. The van der Waals surface area contributed by atoms with E-state index in [0.717, 1.165) is 55.7 Å². The Kier molecular flexibility index (Phi) is 7.19. The molecular weight excluding hydrogens is 643 g/mol. The molecule has 0 amide bonds. The van der Waals surface area contributed by atoms with E-state index in [4.69, 9.17) is 4.42 Å². The molecule has 0 bridgehead atoms. The first kappa shape index (κ1) is 31.1. The van der Waals surface area contributed by atoms with Crippen molar-refractivity contribution in [3.8, 4) is 44.5 Å². The molecule has 0 fully saturated rings. The van der Waals surface area contributed by atoms with Crippen LogP contribution in [0.5, 0.6) is 0 Å². The van der Waals surface area contributed by atoms with Gasteiger partial charge in [-0.2, -0.15) is 0 Å². The number of rotatable bonds is 6. The molecule has 0 aliphatic heterocycles. The molecule has 53 heavy (non-hydrogen) atoms. The van der Waals surface area contributed by atoms with E-state index in [2.05, 4.69) is 201 Å². The fourth-order valence-electron chi connectivity index (χ4n) is 8.41. The van der Waals surface area contributed by atoms with Crippen LogP contribution in [0.1, 0.15) is 25.0 Å². The molecule has 252 valence electrons. The lowest BCUT2D eigenvalue weighted by molar-refractivity contribution is 0.660. The Morgan fingerprint density at radius 2 is 0.962 bits per heavy atom. The largest absolute Gasteiger partial charge is 0.455 e. The van der Waals surface area contributed by atoms with Crippen molar-refractivity contribution in [2.45, 2.75) is 19.3 Å². The highest BCUT2D eigenvalue weighted by atomic mass is 16.3. The Morgan fingerprint density at radius 1 is 0.396 bits per heavy atom. The summed E-state index contributed by atoms with van der Waals surface area (Å²) in [7, 11) is 0. The van der Waals surface area contributed by atoms with Gasteiger partial charge in [0.15, 0.2) is 0 Å². The molecule has 2 nitrogen and oxygen atoms in total. The summed E-state index contributed by atoms with van der Waals surface area (Å²) >= 11 is 0. The number of anilines is 3. The molecule has 10 rings (SSSR count). The van der Waals surface area contributed by atoms with E-state index in [1.165, 1.54) is 38.9 Å². The van der Waals surface area contributed by atoms with Gasteiger partial charge in [0, 0.05) is 38.7 Å². The first-order chi connectivity index (χ1) is 26.0. The smallest absolute Gasteiger partial charge is 0.143 e. The summed E-state index contributed by atoms with van der Waals surface area (Å²) in [5.74, 6) is 0. The number of para-hydroxylation sites is 2. The highest BCUT2D eigenvalue weighted by Gasteiger charge is 2.36. The van der Waals surface area contributed by atoms with Crippen molar-refractivity contribution >= 4 is 39.0 Å². The summed E-state index contributed by atoms with van der Waals surface area (Å²) in [5, 5.41) is 2.24. The van der Waals surface area contributed by atoms with Gasteiger partial charge in [-0.25, -0.2) is 0 Å². The van der Waals surface area contributed by atoms with Crippen molar-refractivity contribution in [1.82, 2.24) is 0 Å². The number of furan rings is 1. The van der Waals surface area contributed by atoms with Crippen molar-refractivity contribution in [3.63, 3.8) is 0 Å². The van der Waals surface area contributed by atoms with Crippen LogP contribution in [0.3, 0.4) is 0 Å².